The molecular weight excluding hydrogens is 238 g/mol. The molecule has 0 spiro atoms. The van der Waals surface area contributed by atoms with Crippen molar-refractivity contribution in [2.75, 3.05) is 26.2 Å². The Morgan fingerprint density at radius 3 is 2.95 bits per heavy atom. The molecule has 2 aromatic rings. The molecule has 5 heteroatoms. The maximum absolute atomic E-state index is 4.50. The molecule has 0 saturated carbocycles. The summed E-state index contributed by atoms with van der Waals surface area (Å²) in [5.74, 6) is 1.07. The Hall–Kier alpha value is -1.59. The number of aromatic nitrogens is 3. The lowest BCUT2D eigenvalue weighted by atomic mass is 10.1. The Kier molecular flexibility index (Phi) is 3.66. The van der Waals surface area contributed by atoms with Crippen molar-refractivity contribution < 1.29 is 0 Å². The maximum Gasteiger partial charge on any atom is 0.108 e. The molecule has 1 aliphatic heterocycles. The lowest BCUT2D eigenvalue weighted by Crippen LogP contribution is -2.48. The molecule has 3 heterocycles. The summed E-state index contributed by atoms with van der Waals surface area (Å²) in [6, 6.07) is 2.59. The van der Waals surface area contributed by atoms with Crippen molar-refractivity contribution in [2.24, 2.45) is 0 Å². The zero-order valence-corrected chi connectivity index (χ0v) is 11.3. The topological polar surface area (TPSA) is 59.7 Å². The molecule has 5 nitrogen and oxygen atoms in total. The van der Waals surface area contributed by atoms with Crippen LogP contribution in [0.5, 0.6) is 0 Å². The third kappa shape index (κ3) is 2.88. The van der Waals surface area contributed by atoms with Crippen LogP contribution in [0.3, 0.4) is 0 Å². The molecule has 0 radical (unpaired) electrons. The van der Waals surface area contributed by atoms with E-state index < -0.39 is 0 Å². The van der Waals surface area contributed by atoms with Crippen molar-refractivity contribution in [1.29, 1.82) is 0 Å². The van der Waals surface area contributed by atoms with E-state index in [1.807, 2.05) is 18.6 Å². The van der Waals surface area contributed by atoms with Crippen molar-refractivity contribution in [2.45, 2.75) is 19.4 Å². The van der Waals surface area contributed by atoms with E-state index in [4.69, 9.17) is 0 Å². The molecule has 0 amide bonds. The summed E-state index contributed by atoms with van der Waals surface area (Å²) in [6.07, 6.45) is 6.81. The second-order valence-corrected chi connectivity index (χ2v) is 5.18. The Morgan fingerprint density at radius 1 is 1.37 bits per heavy atom. The number of aromatic amines is 2. The standard InChI is InChI=1S/C14H21N5/c1-11(19-6-4-15-5-7-19)8-14-17-10-13(18-14)12-2-3-16-9-12/h2-3,9-11,15-16H,4-8H2,1H3,(H,17,18). The highest BCUT2D eigenvalue weighted by Gasteiger charge is 2.17. The number of imidazole rings is 1. The highest BCUT2D eigenvalue weighted by Crippen LogP contribution is 2.16. The van der Waals surface area contributed by atoms with Crippen LogP contribution in [0, 0.1) is 0 Å². The number of nitrogens with zero attached hydrogens (tertiary/aromatic N) is 2. The Morgan fingerprint density at radius 2 is 2.21 bits per heavy atom. The first-order valence-electron chi connectivity index (χ1n) is 6.95. The van der Waals surface area contributed by atoms with Crippen LogP contribution in [-0.2, 0) is 6.42 Å². The van der Waals surface area contributed by atoms with Crippen LogP contribution in [-0.4, -0.2) is 52.1 Å². The number of hydrogen-bond acceptors (Lipinski definition) is 3. The van der Waals surface area contributed by atoms with Crippen LogP contribution >= 0.6 is 0 Å². The van der Waals surface area contributed by atoms with Gasteiger partial charge in [0.05, 0.1) is 11.9 Å². The lowest BCUT2D eigenvalue weighted by Gasteiger charge is -2.32. The summed E-state index contributed by atoms with van der Waals surface area (Å²) in [5, 5.41) is 3.39. The molecule has 0 aromatic carbocycles. The minimum atomic E-state index is 0.535. The van der Waals surface area contributed by atoms with Crippen molar-refractivity contribution in [3.05, 3.63) is 30.5 Å². The first-order valence-corrected chi connectivity index (χ1v) is 6.95. The van der Waals surface area contributed by atoms with Gasteiger partial charge in [-0.25, -0.2) is 4.98 Å². The second-order valence-electron chi connectivity index (χ2n) is 5.18. The highest BCUT2D eigenvalue weighted by atomic mass is 15.2. The molecule has 102 valence electrons. The summed E-state index contributed by atoms with van der Waals surface area (Å²) >= 11 is 0. The van der Waals surface area contributed by atoms with Gasteiger partial charge in [0.1, 0.15) is 5.82 Å². The SMILES string of the molecule is CC(Cc1ncc(-c2cc[nH]c2)[nH]1)N1CCNCC1. The zero-order valence-electron chi connectivity index (χ0n) is 11.3. The Labute approximate surface area is 113 Å². The van der Waals surface area contributed by atoms with Crippen LogP contribution in [0.2, 0.25) is 0 Å². The van der Waals surface area contributed by atoms with Crippen LogP contribution in [0.25, 0.3) is 11.3 Å². The minimum absolute atomic E-state index is 0.535. The van der Waals surface area contributed by atoms with E-state index >= 15 is 0 Å². The summed E-state index contributed by atoms with van der Waals surface area (Å²) < 4.78 is 0. The van der Waals surface area contributed by atoms with Gasteiger partial charge in [-0.15, -0.1) is 0 Å². The van der Waals surface area contributed by atoms with E-state index in [2.05, 4.69) is 38.2 Å². The quantitative estimate of drug-likeness (QED) is 0.774. The van der Waals surface area contributed by atoms with Gasteiger partial charge >= 0.3 is 0 Å². The van der Waals surface area contributed by atoms with Crippen molar-refractivity contribution >= 4 is 0 Å². The summed E-state index contributed by atoms with van der Waals surface area (Å²) in [4.78, 5) is 13.5. The van der Waals surface area contributed by atoms with Crippen LogP contribution in [0.1, 0.15) is 12.7 Å². The Bertz CT molecular complexity index is 496. The highest BCUT2D eigenvalue weighted by molar-refractivity contribution is 5.57. The third-order valence-corrected chi connectivity index (χ3v) is 3.80. The van der Waals surface area contributed by atoms with Crippen LogP contribution in [0.4, 0.5) is 0 Å². The average Bonchev–Trinajstić information content (AvgIpc) is 3.10. The monoisotopic (exact) mass is 259 g/mol. The van der Waals surface area contributed by atoms with Gasteiger partial charge in [0.2, 0.25) is 0 Å². The second kappa shape index (κ2) is 5.59. The molecule has 0 bridgehead atoms. The molecule has 0 aliphatic carbocycles. The van der Waals surface area contributed by atoms with E-state index in [1.165, 1.54) is 0 Å². The Balaban J connectivity index is 1.63. The predicted octanol–water partition coefficient (Wildman–Crippen LogP) is 1.24. The average molecular weight is 259 g/mol. The van der Waals surface area contributed by atoms with Gasteiger partial charge in [-0.2, -0.15) is 0 Å². The lowest BCUT2D eigenvalue weighted by molar-refractivity contribution is 0.182. The van der Waals surface area contributed by atoms with Crippen LogP contribution < -0.4 is 5.32 Å². The molecule has 1 saturated heterocycles. The van der Waals surface area contributed by atoms with E-state index in [0.717, 1.165) is 49.7 Å². The van der Waals surface area contributed by atoms with Crippen molar-refractivity contribution in [3.63, 3.8) is 0 Å². The molecule has 3 N–H and O–H groups in total. The van der Waals surface area contributed by atoms with E-state index in [1.54, 1.807) is 0 Å². The molecule has 19 heavy (non-hydrogen) atoms. The van der Waals surface area contributed by atoms with E-state index in [0.29, 0.717) is 6.04 Å². The van der Waals surface area contributed by atoms with Crippen molar-refractivity contribution in [3.8, 4) is 11.3 Å². The van der Waals surface area contributed by atoms with Crippen LogP contribution in [0.15, 0.2) is 24.7 Å². The number of rotatable bonds is 4. The largest absolute Gasteiger partial charge is 0.367 e. The minimum Gasteiger partial charge on any atom is -0.367 e. The van der Waals surface area contributed by atoms with Gasteiger partial charge in [0.25, 0.3) is 0 Å². The fraction of sp³-hybridized carbons (Fsp3) is 0.500. The first kappa shape index (κ1) is 12.4. The van der Waals surface area contributed by atoms with Gasteiger partial charge in [-0.1, -0.05) is 0 Å². The number of nitrogens with one attached hydrogen (secondary N) is 3. The summed E-state index contributed by atoms with van der Waals surface area (Å²) in [5.41, 5.74) is 2.25. The fourth-order valence-corrected chi connectivity index (χ4v) is 2.64. The van der Waals surface area contributed by atoms with Crippen molar-refractivity contribution in [1.82, 2.24) is 25.2 Å². The maximum atomic E-state index is 4.50. The molecule has 1 aliphatic rings. The fourth-order valence-electron chi connectivity index (χ4n) is 2.64. The predicted molar refractivity (Wildman–Crippen MR) is 76.0 cm³/mol. The molecule has 2 aromatic heterocycles. The first-order chi connectivity index (χ1) is 9.33. The number of H-pyrrole nitrogens is 2. The van der Waals surface area contributed by atoms with Gasteiger partial charge in [0.15, 0.2) is 0 Å². The van der Waals surface area contributed by atoms with E-state index in [9.17, 15) is 0 Å². The van der Waals surface area contributed by atoms with Gasteiger partial charge < -0.3 is 15.3 Å². The molecule has 1 fully saturated rings. The third-order valence-electron chi connectivity index (χ3n) is 3.80. The van der Waals surface area contributed by atoms with Gasteiger partial charge in [-0.05, 0) is 13.0 Å². The van der Waals surface area contributed by atoms with Gasteiger partial charge in [-0.3, -0.25) is 4.90 Å². The molecule has 1 atom stereocenters. The van der Waals surface area contributed by atoms with Gasteiger partial charge in [0, 0.05) is 56.6 Å². The normalized spacial score (nSPS) is 18.6. The smallest absolute Gasteiger partial charge is 0.108 e. The van der Waals surface area contributed by atoms with E-state index in [-0.39, 0.29) is 0 Å². The molecule has 1 unspecified atom stereocenters. The number of piperazine rings is 1. The molecule has 3 rings (SSSR count). The molecular formula is C14H21N5. The summed E-state index contributed by atoms with van der Waals surface area (Å²) in [6.45, 7) is 6.73. The summed E-state index contributed by atoms with van der Waals surface area (Å²) in [7, 11) is 0. The zero-order chi connectivity index (χ0) is 13.1. The number of hydrogen-bond donors (Lipinski definition) is 3.